The summed E-state index contributed by atoms with van der Waals surface area (Å²) in [5.41, 5.74) is 1.11. The highest BCUT2D eigenvalue weighted by Crippen LogP contribution is 2.64. The van der Waals surface area contributed by atoms with Crippen molar-refractivity contribution in [1.82, 2.24) is 5.43 Å². The van der Waals surface area contributed by atoms with Gasteiger partial charge in [0.2, 0.25) is 5.91 Å². The van der Waals surface area contributed by atoms with E-state index in [1.807, 2.05) is 17.6 Å². The van der Waals surface area contributed by atoms with Crippen molar-refractivity contribution in [2.24, 2.45) is 17.2 Å². The Bertz CT molecular complexity index is 555. The molecule has 90 valence electrons. The molecule has 2 atom stereocenters. The predicted octanol–water partition coefficient (Wildman–Crippen LogP) is 0.563. The van der Waals surface area contributed by atoms with Gasteiger partial charge in [-0.25, -0.2) is 10.2 Å². The second-order valence-corrected chi connectivity index (χ2v) is 4.11. The molecule has 0 bridgehead atoms. The van der Waals surface area contributed by atoms with Crippen LogP contribution in [0.5, 0.6) is 0 Å². The topological polar surface area (TPSA) is 103 Å². The van der Waals surface area contributed by atoms with E-state index in [2.05, 4.69) is 0 Å². The fourth-order valence-electron chi connectivity index (χ4n) is 2.26. The maximum atomic E-state index is 12.8. The van der Waals surface area contributed by atoms with Crippen LogP contribution in [0.15, 0.2) is 24.3 Å². The molecule has 1 fully saturated rings. The van der Waals surface area contributed by atoms with E-state index in [0.717, 1.165) is 0 Å². The molecule has 1 amide bonds. The van der Waals surface area contributed by atoms with E-state index in [1.54, 1.807) is 0 Å². The van der Waals surface area contributed by atoms with Crippen LogP contribution in [0, 0.1) is 39.8 Å². The lowest BCUT2D eigenvalue weighted by Gasteiger charge is -1.99. The van der Waals surface area contributed by atoms with Crippen LogP contribution in [0.1, 0.15) is 11.5 Å². The molecule has 1 saturated carbocycles. The molecule has 0 aliphatic heterocycles. The number of nitrogens with one attached hydrogen (secondary N) is 1. The molecule has 1 aliphatic carbocycles. The number of rotatable bonds is 2. The fraction of sp³-hybridized carbons (Fsp3) is 0.250. The van der Waals surface area contributed by atoms with Crippen LogP contribution >= 0.6 is 0 Å². The first-order valence-corrected chi connectivity index (χ1v) is 5.19. The van der Waals surface area contributed by atoms with E-state index in [1.165, 1.54) is 24.3 Å². The molecular formula is C12H9FN4O. The molecule has 0 saturated heterocycles. The first-order chi connectivity index (χ1) is 8.60. The number of benzene rings is 1. The summed E-state index contributed by atoms with van der Waals surface area (Å²) in [4.78, 5) is 11.5. The number of carbonyl (C=O) groups is 1. The molecule has 0 aromatic heterocycles. The zero-order valence-corrected chi connectivity index (χ0v) is 9.22. The van der Waals surface area contributed by atoms with Crippen molar-refractivity contribution >= 4 is 5.91 Å². The molecule has 1 aromatic carbocycles. The molecule has 2 unspecified atom stereocenters. The third-order valence-electron chi connectivity index (χ3n) is 3.23. The molecule has 18 heavy (non-hydrogen) atoms. The van der Waals surface area contributed by atoms with Crippen LogP contribution in [-0.2, 0) is 4.79 Å². The van der Waals surface area contributed by atoms with Crippen molar-refractivity contribution < 1.29 is 9.18 Å². The first-order valence-electron chi connectivity index (χ1n) is 5.19. The molecule has 0 spiro atoms. The van der Waals surface area contributed by atoms with Crippen LogP contribution < -0.4 is 11.3 Å². The SMILES string of the molecule is N#CC1(C#N)C(C(=O)NN)C1c1ccc(F)cc1. The Kier molecular flexibility index (Phi) is 2.74. The summed E-state index contributed by atoms with van der Waals surface area (Å²) in [7, 11) is 0. The fourth-order valence-corrected chi connectivity index (χ4v) is 2.26. The Balaban J connectivity index is 2.40. The molecule has 0 radical (unpaired) electrons. The average molecular weight is 244 g/mol. The molecule has 0 heterocycles. The van der Waals surface area contributed by atoms with Crippen LogP contribution in [0.2, 0.25) is 0 Å². The smallest absolute Gasteiger partial charge is 0.240 e. The summed E-state index contributed by atoms with van der Waals surface area (Å²) in [6, 6.07) is 9.10. The zero-order valence-electron chi connectivity index (χ0n) is 9.22. The average Bonchev–Trinajstić information content (AvgIpc) is 3.08. The summed E-state index contributed by atoms with van der Waals surface area (Å²) in [6.45, 7) is 0. The first kappa shape index (κ1) is 12.0. The Hall–Kier alpha value is -2.44. The lowest BCUT2D eigenvalue weighted by molar-refractivity contribution is -0.122. The quantitative estimate of drug-likeness (QED) is 0.450. The lowest BCUT2D eigenvalue weighted by Crippen LogP contribution is -2.33. The van der Waals surface area contributed by atoms with Gasteiger partial charge in [-0.1, -0.05) is 12.1 Å². The number of hydrogen-bond donors (Lipinski definition) is 2. The number of amides is 1. The Morgan fingerprint density at radius 3 is 2.33 bits per heavy atom. The van der Waals surface area contributed by atoms with Gasteiger partial charge in [-0.3, -0.25) is 10.2 Å². The van der Waals surface area contributed by atoms with Crippen molar-refractivity contribution in [1.29, 1.82) is 10.5 Å². The van der Waals surface area contributed by atoms with E-state index in [4.69, 9.17) is 16.4 Å². The van der Waals surface area contributed by atoms with E-state index in [9.17, 15) is 9.18 Å². The van der Waals surface area contributed by atoms with Gasteiger partial charge in [0.15, 0.2) is 5.41 Å². The number of nitrogens with zero attached hydrogens (tertiary/aromatic N) is 2. The van der Waals surface area contributed by atoms with E-state index in [0.29, 0.717) is 5.56 Å². The lowest BCUT2D eigenvalue weighted by atomic mass is 10.0. The number of halogens is 1. The standard InChI is InChI=1S/C12H9FN4O/c13-8-3-1-7(2-4-8)9-10(11(18)17-16)12(9,5-14)6-15/h1-4,9-10H,16H2,(H,17,18). The zero-order chi connectivity index (χ0) is 13.3. The molecule has 1 aromatic rings. The summed E-state index contributed by atoms with van der Waals surface area (Å²) < 4.78 is 12.8. The molecule has 5 nitrogen and oxygen atoms in total. The maximum Gasteiger partial charge on any atom is 0.240 e. The molecule has 3 N–H and O–H groups in total. The highest BCUT2D eigenvalue weighted by molar-refractivity contribution is 5.86. The van der Waals surface area contributed by atoms with Gasteiger partial charge in [-0.05, 0) is 17.7 Å². The Labute approximate surface area is 103 Å². The molecule has 2 rings (SSSR count). The van der Waals surface area contributed by atoms with Gasteiger partial charge in [0.05, 0.1) is 18.1 Å². The number of nitrogens with two attached hydrogens (primary N) is 1. The van der Waals surface area contributed by atoms with Gasteiger partial charge in [0.1, 0.15) is 5.82 Å². The van der Waals surface area contributed by atoms with Crippen LogP contribution in [0.25, 0.3) is 0 Å². The van der Waals surface area contributed by atoms with Crippen molar-refractivity contribution in [2.45, 2.75) is 5.92 Å². The summed E-state index contributed by atoms with van der Waals surface area (Å²) in [5, 5.41) is 18.2. The third-order valence-corrected chi connectivity index (χ3v) is 3.23. The molecule has 6 heteroatoms. The van der Waals surface area contributed by atoms with Crippen molar-refractivity contribution in [2.75, 3.05) is 0 Å². The van der Waals surface area contributed by atoms with Crippen molar-refractivity contribution in [3.05, 3.63) is 35.6 Å². The minimum absolute atomic E-state index is 0.418. The second kappa shape index (κ2) is 4.10. The number of hydrazine groups is 1. The van der Waals surface area contributed by atoms with Crippen LogP contribution in [0.4, 0.5) is 4.39 Å². The van der Waals surface area contributed by atoms with E-state index >= 15 is 0 Å². The number of hydrogen-bond acceptors (Lipinski definition) is 4. The van der Waals surface area contributed by atoms with Gasteiger partial charge in [-0.2, -0.15) is 10.5 Å². The van der Waals surface area contributed by atoms with E-state index in [-0.39, 0.29) is 0 Å². The monoisotopic (exact) mass is 244 g/mol. The van der Waals surface area contributed by atoms with Crippen LogP contribution in [-0.4, -0.2) is 5.91 Å². The molecule has 1 aliphatic rings. The molecular weight excluding hydrogens is 235 g/mol. The van der Waals surface area contributed by atoms with Crippen molar-refractivity contribution in [3.8, 4) is 12.1 Å². The minimum Gasteiger partial charge on any atom is -0.294 e. The summed E-state index contributed by atoms with van der Waals surface area (Å²) >= 11 is 0. The van der Waals surface area contributed by atoms with Gasteiger partial charge in [-0.15, -0.1) is 0 Å². The maximum absolute atomic E-state index is 12.8. The van der Waals surface area contributed by atoms with Gasteiger partial charge in [0, 0.05) is 5.92 Å². The van der Waals surface area contributed by atoms with Gasteiger partial charge >= 0.3 is 0 Å². The second-order valence-electron chi connectivity index (χ2n) is 4.11. The van der Waals surface area contributed by atoms with Gasteiger partial charge < -0.3 is 0 Å². The van der Waals surface area contributed by atoms with Crippen LogP contribution in [0.3, 0.4) is 0 Å². The van der Waals surface area contributed by atoms with Crippen molar-refractivity contribution in [3.63, 3.8) is 0 Å². The normalized spacial score (nSPS) is 23.6. The summed E-state index contributed by atoms with van der Waals surface area (Å²) in [6.07, 6.45) is 0. The highest BCUT2D eigenvalue weighted by atomic mass is 19.1. The number of carbonyl (C=O) groups excluding carboxylic acids is 1. The number of nitriles is 2. The van der Waals surface area contributed by atoms with E-state index < -0.39 is 29.0 Å². The predicted molar refractivity (Wildman–Crippen MR) is 58.6 cm³/mol. The Morgan fingerprint density at radius 2 is 1.89 bits per heavy atom. The minimum atomic E-state index is -1.42. The summed E-state index contributed by atoms with van der Waals surface area (Å²) in [5.74, 6) is 2.66. The Morgan fingerprint density at radius 1 is 1.33 bits per heavy atom. The largest absolute Gasteiger partial charge is 0.294 e. The highest BCUT2D eigenvalue weighted by Gasteiger charge is 2.70. The van der Waals surface area contributed by atoms with Gasteiger partial charge in [0.25, 0.3) is 0 Å². The third kappa shape index (κ3) is 1.52.